The molecule has 0 aliphatic carbocycles. The van der Waals surface area contributed by atoms with Crippen LogP contribution in [-0.2, 0) is 45.0 Å². The molecule has 0 aromatic rings. The minimum atomic E-state index is 0. The molecule has 0 saturated heterocycles. The molecule has 0 aromatic carbocycles. The molecule has 0 aliphatic heterocycles. The molecule has 0 fully saturated rings. The second-order valence-corrected chi connectivity index (χ2v) is 0. The van der Waals surface area contributed by atoms with Crippen molar-refractivity contribution in [3.8, 4) is 0 Å². The third-order valence-corrected chi connectivity index (χ3v) is 0. The van der Waals surface area contributed by atoms with E-state index in [-0.39, 0.29) is 27.0 Å². The van der Waals surface area contributed by atoms with Crippen LogP contribution in [0.1, 0.15) is 0 Å². The summed E-state index contributed by atoms with van der Waals surface area (Å²) in [6.45, 7) is 0. The summed E-state index contributed by atoms with van der Waals surface area (Å²) in [4.78, 5) is 0. The number of hydrogen-bond acceptors (Lipinski definition) is 3. The van der Waals surface area contributed by atoms with Crippen molar-refractivity contribution in [1.82, 2.24) is 0 Å². The molecule has 0 aromatic heterocycles. The van der Waals surface area contributed by atoms with Crippen molar-refractivity contribution in [2.75, 3.05) is 0 Å². The summed E-state index contributed by atoms with van der Waals surface area (Å²) in [5, 5.41) is 0. The van der Waals surface area contributed by atoms with Crippen molar-refractivity contribution in [3.63, 3.8) is 0 Å². The summed E-state index contributed by atoms with van der Waals surface area (Å²) < 4.78 is 0. The van der Waals surface area contributed by atoms with E-state index in [1.807, 2.05) is 0 Å². The molecule has 0 N–H and O–H groups in total. The van der Waals surface area contributed by atoms with E-state index >= 15 is 0 Å². The summed E-state index contributed by atoms with van der Waals surface area (Å²) in [6.07, 6.45) is 0. The Morgan fingerprint density at radius 3 is 1.00 bits per heavy atom. The molecule has 0 spiro atoms. The fraction of sp³-hybridized carbons (Fsp3) is 0. The Bertz CT molecular complexity index is 3.25. The van der Waals surface area contributed by atoms with Gasteiger partial charge in [0.05, 0.1) is 0 Å². The topological polar surface area (TPSA) is 0 Å². The van der Waals surface area contributed by atoms with Crippen LogP contribution in [0, 0.1) is 0 Å². The Morgan fingerprint density at radius 2 is 1.00 bits per heavy atom. The van der Waals surface area contributed by atoms with Gasteiger partial charge in [-0.15, -0.1) is 0 Å². The summed E-state index contributed by atoms with van der Waals surface area (Å²) >= 11 is 1.53. The van der Waals surface area contributed by atoms with Crippen molar-refractivity contribution in [3.05, 3.63) is 0 Å². The molecule has 0 atom stereocenters. The van der Waals surface area contributed by atoms with Crippen LogP contribution in [0.2, 0.25) is 0 Å². The van der Waals surface area contributed by atoms with Crippen molar-refractivity contribution >= 4 is 36.8 Å². The molecule has 28 valence electrons. The van der Waals surface area contributed by atoms with Crippen molar-refractivity contribution in [2.24, 2.45) is 0 Å². The Hall–Kier alpha value is 1.61. The van der Waals surface area contributed by atoms with E-state index in [1.54, 1.807) is 0 Å². The monoisotopic (exact) mass is 196 g/mol. The number of rotatable bonds is 0. The SMILES string of the molecule is [SH-].[SH-].[S]=[Mo]. The van der Waals surface area contributed by atoms with Crippen LogP contribution >= 0.6 is 9.82 Å². The second kappa shape index (κ2) is 23.2. The molecule has 0 rings (SSSR count). The van der Waals surface area contributed by atoms with Gasteiger partial charge in [-0.2, -0.15) is 0 Å². The summed E-state index contributed by atoms with van der Waals surface area (Å²) in [6, 6.07) is 0. The van der Waals surface area contributed by atoms with Gasteiger partial charge in [0.1, 0.15) is 0 Å². The van der Waals surface area contributed by atoms with Gasteiger partial charge in [-0.3, -0.25) is 0 Å². The number of hydrogen-bond donors (Lipinski definition) is 0. The predicted octanol–water partition coefficient (Wildman–Crippen LogP) is 0.106. The van der Waals surface area contributed by atoms with Gasteiger partial charge in [0.25, 0.3) is 0 Å². The van der Waals surface area contributed by atoms with E-state index in [4.69, 9.17) is 0 Å². The molecule has 0 heterocycles. The quantitative estimate of drug-likeness (QED) is 0.305. The number of thiol groups is 2. The van der Waals surface area contributed by atoms with E-state index < -0.39 is 0 Å². The average Bonchev–Trinajstić information content (AvgIpc) is 1.00. The standard InChI is InChI=1S/Mo.2H2S.S/h;2*1H2;/p-2. The Balaban J connectivity index is -0.00000000500. The van der Waals surface area contributed by atoms with Crippen molar-refractivity contribution in [1.29, 1.82) is 0 Å². The van der Waals surface area contributed by atoms with Gasteiger partial charge in [-0.1, -0.05) is 0 Å². The first kappa shape index (κ1) is 17.5. The first-order valence-corrected chi connectivity index (χ1v) is 2.96. The molecular weight excluding hydrogens is 192 g/mol. The molecule has 4 heteroatoms. The first-order chi connectivity index (χ1) is 1.00. The Labute approximate surface area is 54.6 Å². The minimum absolute atomic E-state index is 0. The van der Waals surface area contributed by atoms with Crippen LogP contribution in [0.15, 0.2) is 0 Å². The molecule has 0 bridgehead atoms. The van der Waals surface area contributed by atoms with Crippen LogP contribution in [0.3, 0.4) is 0 Å². The third-order valence-electron chi connectivity index (χ3n) is 0. The molecule has 0 radical (unpaired) electrons. The van der Waals surface area contributed by atoms with Crippen LogP contribution in [-0.4, -0.2) is 0 Å². The molecule has 4 heavy (non-hydrogen) atoms. The van der Waals surface area contributed by atoms with Gasteiger partial charge in [0.15, 0.2) is 0 Å². The van der Waals surface area contributed by atoms with Gasteiger partial charge in [0.2, 0.25) is 0 Å². The van der Waals surface area contributed by atoms with Crippen molar-refractivity contribution in [2.45, 2.75) is 0 Å². The summed E-state index contributed by atoms with van der Waals surface area (Å²) in [5.74, 6) is 0. The van der Waals surface area contributed by atoms with Crippen LogP contribution in [0.4, 0.5) is 0 Å². The fourth-order valence-electron chi connectivity index (χ4n) is 0. The van der Waals surface area contributed by atoms with E-state index in [2.05, 4.69) is 9.82 Å². The van der Waals surface area contributed by atoms with Gasteiger partial charge in [0, 0.05) is 0 Å². The zero-order chi connectivity index (χ0) is 2.00. The molecule has 0 amide bonds. The van der Waals surface area contributed by atoms with Gasteiger partial charge >= 0.3 is 27.8 Å². The van der Waals surface area contributed by atoms with Gasteiger partial charge < -0.3 is 27.0 Å². The normalized spacial score (nSPS) is 1.00. The fourth-order valence-corrected chi connectivity index (χ4v) is 0. The molecule has 0 aliphatic rings. The molecule has 0 unspecified atom stereocenters. The maximum absolute atomic E-state index is 4.09. The van der Waals surface area contributed by atoms with Crippen LogP contribution in [0.5, 0.6) is 0 Å². The second-order valence-electron chi connectivity index (χ2n) is 0. The van der Waals surface area contributed by atoms with E-state index in [1.165, 1.54) is 18.0 Å². The molecule has 0 nitrogen and oxygen atoms in total. The summed E-state index contributed by atoms with van der Waals surface area (Å²) in [5.41, 5.74) is 0. The summed E-state index contributed by atoms with van der Waals surface area (Å²) in [7, 11) is 4.09. The average molecular weight is 194 g/mol. The zero-order valence-corrected chi connectivity index (χ0v) is 6.32. The van der Waals surface area contributed by atoms with Crippen molar-refractivity contribution < 1.29 is 18.0 Å². The van der Waals surface area contributed by atoms with Crippen LogP contribution < -0.4 is 0 Å². The predicted molar refractivity (Wildman–Crippen MR) is 25.1 cm³/mol. The van der Waals surface area contributed by atoms with Crippen LogP contribution in [0.25, 0.3) is 0 Å². The van der Waals surface area contributed by atoms with Gasteiger partial charge in [-0.25, -0.2) is 0 Å². The molecule has 0 saturated carbocycles. The maximum atomic E-state index is 4.09. The Morgan fingerprint density at radius 1 is 1.00 bits per heavy atom. The van der Waals surface area contributed by atoms with E-state index in [0.29, 0.717) is 0 Å². The Kier molecular flexibility index (Phi) is 102. The molecular formula is H2MoS3-2. The van der Waals surface area contributed by atoms with E-state index in [0.717, 1.165) is 0 Å². The third kappa shape index (κ3) is 9.49. The zero-order valence-electron chi connectivity index (χ0n) is 1.71. The first-order valence-electron chi connectivity index (χ1n) is 0.167. The van der Waals surface area contributed by atoms with E-state index in [9.17, 15) is 0 Å². The van der Waals surface area contributed by atoms with Gasteiger partial charge in [-0.05, 0) is 0 Å².